The fraction of sp³-hybridized carbons (Fsp3) is 0.480. The normalized spacial score (nSPS) is 22.3. The van der Waals surface area contributed by atoms with E-state index in [4.69, 9.17) is 5.73 Å². The molecule has 2 aromatic heterocycles. The number of Topliss-reactive ketones (excluding diaryl/α,β-unsaturated/α-hetero) is 1. The van der Waals surface area contributed by atoms with Crippen molar-refractivity contribution in [3.63, 3.8) is 0 Å². The summed E-state index contributed by atoms with van der Waals surface area (Å²) in [4.78, 5) is 47.8. The van der Waals surface area contributed by atoms with Gasteiger partial charge in [-0.3, -0.25) is 14.4 Å². The van der Waals surface area contributed by atoms with Crippen molar-refractivity contribution in [3.05, 3.63) is 40.8 Å². The van der Waals surface area contributed by atoms with Crippen LogP contribution in [0.25, 0.3) is 10.9 Å². The Bertz CT molecular complexity index is 1380. The van der Waals surface area contributed by atoms with Crippen molar-refractivity contribution in [1.29, 1.82) is 0 Å². The van der Waals surface area contributed by atoms with Crippen LogP contribution in [0.1, 0.15) is 83.0 Å². The number of aromatic nitrogens is 4. The molecule has 5 N–H and O–H groups in total. The fourth-order valence-corrected chi connectivity index (χ4v) is 6.28. The zero-order chi connectivity index (χ0) is 24.5. The van der Waals surface area contributed by atoms with Crippen LogP contribution < -0.4 is 11.1 Å². The third kappa shape index (κ3) is 3.34. The van der Waals surface area contributed by atoms with Gasteiger partial charge in [-0.2, -0.15) is 4.98 Å². The van der Waals surface area contributed by atoms with E-state index in [0.29, 0.717) is 30.8 Å². The van der Waals surface area contributed by atoms with Gasteiger partial charge in [0.05, 0.1) is 5.69 Å². The predicted octanol–water partition coefficient (Wildman–Crippen LogP) is 2.55. The lowest BCUT2D eigenvalue weighted by molar-refractivity contribution is 0.0659. The second-order valence-corrected chi connectivity index (χ2v) is 10.9. The molecule has 1 aliphatic heterocycles. The first-order valence-corrected chi connectivity index (χ1v) is 12.2. The van der Waals surface area contributed by atoms with E-state index in [0.717, 1.165) is 42.1 Å². The summed E-state index contributed by atoms with van der Waals surface area (Å²) in [5, 5.41) is 10.3. The van der Waals surface area contributed by atoms with Crippen LogP contribution in [0, 0.1) is 5.41 Å². The Morgan fingerprint density at radius 3 is 2.74 bits per heavy atom. The summed E-state index contributed by atoms with van der Waals surface area (Å²) >= 11 is 0. The van der Waals surface area contributed by atoms with E-state index in [9.17, 15) is 14.4 Å². The average Bonchev–Trinajstić information content (AvgIpc) is 3.53. The fourth-order valence-electron chi connectivity index (χ4n) is 6.28. The molecule has 3 aliphatic rings. The molecular formula is C25H29N7O3. The van der Waals surface area contributed by atoms with Crippen molar-refractivity contribution < 1.29 is 14.4 Å². The van der Waals surface area contributed by atoms with Gasteiger partial charge in [-0.1, -0.05) is 20.3 Å². The largest absolute Gasteiger partial charge is 0.368 e. The van der Waals surface area contributed by atoms with E-state index in [1.165, 1.54) is 0 Å². The zero-order valence-electron chi connectivity index (χ0n) is 19.9. The molecule has 3 aromatic rings. The maximum absolute atomic E-state index is 13.2. The Morgan fingerprint density at radius 1 is 1.26 bits per heavy atom. The Hall–Kier alpha value is -3.69. The smallest absolute Gasteiger partial charge is 0.293 e. The highest BCUT2D eigenvalue weighted by Crippen LogP contribution is 2.57. The summed E-state index contributed by atoms with van der Waals surface area (Å²) in [7, 11) is 0. The number of carbonyl (C=O) groups excluding carboxylic acids is 3. The van der Waals surface area contributed by atoms with Gasteiger partial charge in [-0.05, 0) is 54.9 Å². The molecule has 1 atom stereocenters. The lowest BCUT2D eigenvalue weighted by Crippen LogP contribution is -2.46. The van der Waals surface area contributed by atoms with Gasteiger partial charge in [-0.15, -0.1) is 5.10 Å². The van der Waals surface area contributed by atoms with E-state index < -0.39 is 5.41 Å². The second-order valence-electron chi connectivity index (χ2n) is 10.9. The standard InChI is InChI=1S/C25H29N7O3/c1-24(2)12-25(7-3-8-25)17-15-10-13(4-5-16(15)28-18(17)19(24)33)21(34)27-14-6-9-32(11-14)22(35)20-29-23(26)31-30-20/h4-5,10,14,28H,3,6-9,11-12H2,1-2H3,(H,27,34)(H3,26,29,30,31). The number of hydrogen-bond donors (Lipinski definition) is 4. The number of amides is 2. The number of nitrogens with one attached hydrogen (secondary N) is 3. The number of nitrogen functional groups attached to an aromatic ring is 1. The first-order chi connectivity index (χ1) is 16.7. The van der Waals surface area contributed by atoms with Crippen LogP contribution >= 0.6 is 0 Å². The number of benzene rings is 1. The highest BCUT2D eigenvalue weighted by Gasteiger charge is 2.52. The minimum absolute atomic E-state index is 0.0100. The van der Waals surface area contributed by atoms with Crippen molar-refractivity contribution in [1.82, 2.24) is 30.4 Å². The van der Waals surface area contributed by atoms with E-state index in [1.54, 1.807) is 11.0 Å². The number of hydrogen-bond acceptors (Lipinski definition) is 6. The highest BCUT2D eigenvalue weighted by molar-refractivity contribution is 6.08. The minimum atomic E-state index is -0.391. The Morgan fingerprint density at radius 2 is 2.06 bits per heavy atom. The summed E-state index contributed by atoms with van der Waals surface area (Å²) in [6, 6.07) is 5.43. The highest BCUT2D eigenvalue weighted by atomic mass is 16.2. The van der Waals surface area contributed by atoms with Crippen molar-refractivity contribution in [2.24, 2.45) is 5.41 Å². The van der Waals surface area contributed by atoms with Gasteiger partial charge < -0.3 is 20.9 Å². The third-order valence-electron chi connectivity index (χ3n) is 8.03. The van der Waals surface area contributed by atoms with Crippen LogP contribution in [0.2, 0.25) is 0 Å². The number of carbonyl (C=O) groups is 3. The SMILES string of the molecule is CC1(C)CC2(CCC2)c2c([nH]c3ccc(C(=O)NC4CCN(C(=O)c5n[nH]c(N)n5)C4)cc23)C1=O. The van der Waals surface area contributed by atoms with Crippen molar-refractivity contribution in [3.8, 4) is 0 Å². The number of ketones is 1. The molecule has 1 unspecified atom stereocenters. The zero-order valence-corrected chi connectivity index (χ0v) is 19.9. The summed E-state index contributed by atoms with van der Waals surface area (Å²) < 4.78 is 0. The Kier molecular flexibility index (Phi) is 4.61. The molecule has 0 radical (unpaired) electrons. The van der Waals surface area contributed by atoms with Crippen LogP contribution in [0.5, 0.6) is 0 Å². The molecule has 2 amide bonds. The molecule has 3 heterocycles. The predicted molar refractivity (Wildman–Crippen MR) is 129 cm³/mol. The maximum Gasteiger partial charge on any atom is 0.293 e. The summed E-state index contributed by atoms with van der Waals surface area (Å²) in [6.45, 7) is 4.96. The van der Waals surface area contributed by atoms with Crippen LogP contribution in [-0.2, 0) is 5.41 Å². The number of nitrogens with zero attached hydrogens (tertiary/aromatic N) is 3. The monoisotopic (exact) mass is 475 g/mol. The molecule has 0 bridgehead atoms. The summed E-state index contributed by atoms with van der Waals surface area (Å²) in [5.41, 5.74) is 8.40. The van der Waals surface area contributed by atoms with Crippen LogP contribution in [-0.4, -0.2) is 61.8 Å². The molecule has 1 saturated heterocycles. The average molecular weight is 476 g/mol. The first kappa shape index (κ1) is 21.8. The topological polar surface area (TPSA) is 150 Å². The Labute approximate surface area is 202 Å². The number of likely N-dealkylation sites (tertiary alicyclic amines) is 1. The molecule has 35 heavy (non-hydrogen) atoms. The van der Waals surface area contributed by atoms with Crippen molar-refractivity contribution in [2.75, 3.05) is 18.8 Å². The van der Waals surface area contributed by atoms with Gasteiger partial charge in [-0.25, -0.2) is 5.10 Å². The number of H-pyrrole nitrogens is 2. The van der Waals surface area contributed by atoms with Crippen LogP contribution in [0.4, 0.5) is 5.95 Å². The van der Waals surface area contributed by atoms with Crippen molar-refractivity contribution in [2.45, 2.75) is 57.4 Å². The van der Waals surface area contributed by atoms with E-state index in [1.807, 2.05) is 26.0 Å². The van der Waals surface area contributed by atoms with Crippen LogP contribution in [0.15, 0.2) is 18.2 Å². The summed E-state index contributed by atoms with van der Waals surface area (Å²) in [6.07, 6.45) is 4.79. The first-order valence-electron chi connectivity index (χ1n) is 12.2. The molecular weight excluding hydrogens is 446 g/mol. The van der Waals surface area contributed by atoms with Gasteiger partial charge in [0.25, 0.3) is 11.8 Å². The van der Waals surface area contributed by atoms with Gasteiger partial charge in [0.2, 0.25) is 11.8 Å². The molecule has 2 fully saturated rings. The van der Waals surface area contributed by atoms with Gasteiger partial charge in [0.1, 0.15) is 0 Å². The summed E-state index contributed by atoms with van der Waals surface area (Å²) in [5.74, 6) is -0.230. The third-order valence-corrected chi connectivity index (χ3v) is 8.03. The second kappa shape index (κ2) is 7.40. The number of rotatable bonds is 3. The molecule has 10 heteroatoms. The Balaban J connectivity index is 1.23. The van der Waals surface area contributed by atoms with Gasteiger partial charge in [0.15, 0.2) is 5.78 Å². The van der Waals surface area contributed by atoms with E-state index in [-0.39, 0.29) is 40.8 Å². The molecule has 2 aliphatic carbocycles. The van der Waals surface area contributed by atoms with Gasteiger partial charge in [0, 0.05) is 41.0 Å². The molecule has 1 saturated carbocycles. The van der Waals surface area contributed by atoms with Crippen LogP contribution in [0.3, 0.4) is 0 Å². The van der Waals surface area contributed by atoms with E-state index in [2.05, 4.69) is 25.5 Å². The molecule has 182 valence electrons. The number of anilines is 1. The lowest BCUT2D eigenvalue weighted by atomic mass is 9.53. The van der Waals surface area contributed by atoms with Gasteiger partial charge >= 0.3 is 0 Å². The lowest BCUT2D eigenvalue weighted by Gasteiger charge is -2.50. The number of fused-ring (bicyclic) bond motifs is 4. The number of nitrogens with two attached hydrogens (primary N) is 1. The van der Waals surface area contributed by atoms with Crippen molar-refractivity contribution >= 4 is 34.4 Å². The molecule has 10 nitrogen and oxygen atoms in total. The molecule has 1 aromatic carbocycles. The molecule has 6 rings (SSSR count). The number of aromatic amines is 2. The minimum Gasteiger partial charge on any atom is -0.368 e. The quantitative estimate of drug-likeness (QED) is 0.457. The maximum atomic E-state index is 13.2. The van der Waals surface area contributed by atoms with E-state index >= 15 is 0 Å². The molecule has 1 spiro atoms.